The van der Waals surface area contributed by atoms with Gasteiger partial charge in [0.2, 0.25) is 5.95 Å². The van der Waals surface area contributed by atoms with Crippen molar-refractivity contribution in [3.8, 4) is 0 Å². The van der Waals surface area contributed by atoms with E-state index < -0.39 is 0 Å². The SMILES string of the molecule is CNc1ncc2cc(C(C)(C)C)c(=O)n(C)c2n1. The molecule has 0 amide bonds. The van der Waals surface area contributed by atoms with Crippen LogP contribution in [-0.2, 0) is 12.5 Å². The van der Waals surface area contributed by atoms with Crippen molar-refractivity contribution >= 4 is 17.0 Å². The van der Waals surface area contributed by atoms with Gasteiger partial charge in [-0.25, -0.2) is 4.98 Å². The lowest BCUT2D eigenvalue weighted by Crippen LogP contribution is -2.29. The monoisotopic (exact) mass is 246 g/mol. The minimum Gasteiger partial charge on any atom is -0.357 e. The third-order valence-electron chi connectivity index (χ3n) is 2.98. The standard InChI is InChI=1S/C13H18N4O/c1-13(2,3)9-6-8-7-15-12(14-4)16-10(8)17(5)11(9)18/h6-7H,1-5H3,(H,14,15,16). The van der Waals surface area contributed by atoms with Crippen LogP contribution in [0.3, 0.4) is 0 Å². The molecule has 0 spiro atoms. The first-order chi connectivity index (χ1) is 8.34. The molecule has 0 radical (unpaired) electrons. The lowest BCUT2D eigenvalue weighted by Gasteiger charge is -2.19. The van der Waals surface area contributed by atoms with Crippen LogP contribution in [0.25, 0.3) is 11.0 Å². The van der Waals surface area contributed by atoms with Crippen molar-refractivity contribution in [2.75, 3.05) is 12.4 Å². The Morgan fingerprint density at radius 1 is 1.33 bits per heavy atom. The topological polar surface area (TPSA) is 59.8 Å². The van der Waals surface area contributed by atoms with Crippen LogP contribution in [0.2, 0.25) is 0 Å². The van der Waals surface area contributed by atoms with Gasteiger partial charge in [-0.15, -0.1) is 0 Å². The van der Waals surface area contributed by atoms with Gasteiger partial charge in [0, 0.05) is 31.2 Å². The smallest absolute Gasteiger partial charge is 0.255 e. The van der Waals surface area contributed by atoms with Gasteiger partial charge in [-0.2, -0.15) is 4.98 Å². The van der Waals surface area contributed by atoms with E-state index in [1.165, 1.54) is 0 Å². The highest BCUT2D eigenvalue weighted by atomic mass is 16.1. The van der Waals surface area contributed by atoms with Crippen LogP contribution < -0.4 is 10.9 Å². The first-order valence-electron chi connectivity index (χ1n) is 5.89. The molecular formula is C13H18N4O. The minimum absolute atomic E-state index is 0.00393. The second kappa shape index (κ2) is 4.08. The van der Waals surface area contributed by atoms with Gasteiger partial charge in [0.15, 0.2) is 0 Å². The average molecular weight is 246 g/mol. The van der Waals surface area contributed by atoms with Gasteiger partial charge in [-0.05, 0) is 11.5 Å². The highest BCUT2D eigenvalue weighted by molar-refractivity contribution is 5.76. The Balaban J connectivity index is 2.83. The maximum Gasteiger partial charge on any atom is 0.255 e. The summed E-state index contributed by atoms with van der Waals surface area (Å²) in [6.45, 7) is 6.08. The molecule has 5 heteroatoms. The highest BCUT2D eigenvalue weighted by Crippen LogP contribution is 2.21. The molecule has 18 heavy (non-hydrogen) atoms. The summed E-state index contributed by atoms with van der Waals surface area (Å²) in [5, 5.41) is 3.75. The van der Waals surface area contributed by atoms with Crippen LogP contribution in [-0.4, -0.2) is 21.6 Å². The Hall–Kier alpha value is -1.91. The summed E-state index contributed by atoms with van der Waals surface area (Å²) >= 11 is 0. The van der Waals surface area contributed by atoms with Crippen molar-refractivity contribution in [1.82, 2.24) is 14.5 Å². The lowest BCUT2D eigenvalue weighted by atomic mass is 9.87. The van der Waals surface area contributed by atoms with Crippen LogP contribution in [0, 0.1) is 0 Å². The molecule has 0 aliphatic carbocycles. The fraction of sp³-hybridized carbons (Fsp3) is 0.462. The molecule has 2 aromatic rings. The molecule has 0 saturated carbocycles. The molecule has 0 unspecified atom stereocenters. The van der Waals surface area contributed by atoms with Crippen LogP contribution in [0.5, 0.6) is 0 Å². The number of hydrogen-bond donors (Lipinski definition) is 1. The summed E-state index contributed by atoms with van der Waals surface area (Å²) in [6.07, 6.45) is 1.74. The maximum absolute atomic E-state index is 12.3. The Bertz CT molecular complexity index is 652. The van der Waals surface area contributed by atoms with Crippen molar-refractivity contribution in [3.05, 3.63) is 28.2 Å². The quantitative estimate of drug-likeness (QED) is 0.831. The number of nitrogens with one attached hydrogen (secondary N) is 1. The number of hydrogen-bond acceptors (Lipinski definition) is 4. The second-order valence-electron chi connectivity index (χ2n) is 5.39. The predicted molar refractivity (Wildman–Crippen MR) is 73.0 cm³/mol. The van der Waals surface area contributed by atoms with Crippen LogP contribution in [0.1, 0.15) is 26.3 Å². The van der Waals surface area contributed by atoms with Gasteiger partial charge in [-0.1, -0.05) is 20.8 Å². The third-order valence-corrected chi connectivity index (χ3v) is 2.98. The van der Waals surface area contributed by atoms with Gasteiger partial charge in [0.1, 0.15) is 5.65 Å². The van der Waals surface area contributed by atoms with E-state index in [0.717, 1.165) is 10.9 Å². The molecule has 0 atom stereocenters. The number of rotatable bonds is 1. The summed E-state index contributed by atoms with van der Waals surface area (Å²) in [7, 11) is 3.50. The minimum atomic E-state index is -0.190. The third kappa shape index (κ3) is 1.96. The fourth-order valence-corrected chi connectivity index (χ4v) is 1.90. The summed E-state index contributed by atoms with van der Waals surface area (Å²) in [4.78, 5) is 20.8. The maximum atomic E-state index is 12.3. The van der Waals surface area contributed by atoms with Crippen LogP contribution >= 0.6 is 0 Å². The second-order valence-corrected chi connectivity index (χ2v) is 5.39. The normalized spacial score (nSPS) is 11.8. The molecule has 2 heterocycles. The summed E-state index contributed by atoms with van der Waals surface area (Å²) < 4.78 is 1.58. The molecule has 0 aliphatic heterocycles. The molecule has 5 nitrogen and oxygen atoms in total. The van der Waals surface area contributed by atoms with Gasteiger partial charge >= 0.3 is 0 Å². The number of anilines is 1. The van der Waals surface area contributed by atoms with E-state index in [1.54, 1.807) is 24.9 Å². The highest BCUT2D eigenvalue weighted by Gasteiger charge is 2.20. The van der Waals surface area contributed by atoms with Crippen molar-refractivity contribution in [3.63, 3.8) is 0 Å². The Morgan fingerprint density at radius 3 is 2.56 bits per heavy atom. The Morgan fingerprint density at radius 2 is 2.00 bits per heavy atom. The number of fused-ring (bicyclic) bond motifs is 1. The number of aromatic nitrogens is 3. The van der Waals surface area contributed by atoms with E-state index in [9.17, 15) is 4.79 Å². The summed E-state index contributed by atoms with van der Waals surface area (Å²) in [5.74, 6) is 0.515. The molecule has 0 fully saturated rings. The van der Waals surface area contributed by atoms with Gasteiger partial charge in [0.25, 0.3) is 5.56 Å². The lowest BCUT2D eigenvalue weighted by molar-refractivity contribution is 0.576. The zero-order valence-corrected chi connectivity index (χ0v) is 11.4. The number of aryl methyl sites for hydroxylation is 1. The number of pyridine rings is 1. The van der Waals surface area contributed by atoms with Crippen molar-refractivity contribution in [2.45, 2.75) is 26.2 Å². The van der Waals surface area contributed by atoms with E-state index in [4.69, 9.17) is 0 Å². The molecule has 0 saturated heterocycles. The van der Waals surface area contributed by atoms with Gasteiger partial charge in [-0.3, -0.25) is 9.36 Å². The Kier molecular flexibility index (Phi) is 2.84. The molecule has 0 bridgehead atoms. The van der Waals surface area contributed by atoms with Crippen molar-refractivity contribution in [1.29, 1.82) is 0 Å². The summed E-state index contributed by atoms with van der Waals surface area (Å²) in [6, 6.07) is 1.89. The van der Waals surface area contributed by atoms with E-state index in [2.05, 4.69) is 15.3 Å². The molecular weight excluding hydrogens is 228 g/mol. The predicted octanol–water partition coefficient (Wildman–Crippen LogP) is 1.67. The van der Waals surface area contributed by atoms with E-state index >= 15 is 0 Å². The van der Waals surface area contributed by atoms with Crippen LogP contribution in [0.15, 0.2) is 17.1 Å². The molecule has 0 aromatic carbocycles. The summed E-state index contributed by atoms with van der Waals surface area (Å²) in [5.41, 5.74) is 1.23. The Labute approximate surface area is 106 Å². The van der Waals surface area contributed by atoms with Crippen molar-refractivity contribution in [2.24, 2.45) is 7.05 Å². The molecule has 2 aromatic heterocycles. The zero-order chi connectivity index (χ0) is 13.5. The first-order valence-corrected chi connectivity index (χ1v) is 5.89. The van der Waals surface area contributed by atoms with E-state index in [-0.39, 0.29) is 11.0 Å². The van der Waals surface area contributed by atoms with E-state index in [0.29, 0.717) is 11.6 Å². The van der Waals surface area contributed by atoms with E-state index in [1.807, 2.05) is 26.8 Å². The molecule has 2 rings (SSSR count). The molecule has 96 valence electrons. The largest absolute Gasteiger partial charge is 0.357 e. The first kappa shape index (κ1) is 12.5. The van der Waals surface area contributed by atoms with Crippen molar-refractivity contribution < 1.29 is 0 Å². The fourth-order valence-electron chi connectivity index (χ4n) is 1.90. The zero-order valence-electron chi connectivity index (χ0n) is 11.4. The molecule has 0 aliphatic rings. The van der Waals surface area contributed by atoms with Gasteiger partial charge < -0.3 is 5.32 Å². The number of nitrogens with zero attached hydrogens (tertiary/aromatic N) is 3. The average Bonchev–Trinajstić information content (AvgIpc) is 2.32. The van der Waals surface area contributed by atoms with Gasteiger partial charge in [0.05, 0.1) is 0 Å². The molecule has 1 N–H and O–H groups in total. The van der Waals surface area contributed by atoms with Crippen LogP contribution in [0.4, 0.5) is 5.95 Å².